The highest BCUT2D eigenvalue weighted by Crippen LogP contribution is 2.73. The summed E-state index contributed by atoms with van der Waals surface area (Å²) in [6.45, 7) is 2.11. The fourth-order valence-corrected chi connectivity index (χ4v) is 20.0. The summed E-state index contributed by atoms with van der Waals surface area (Å²) in [4.78, 5) is 4.80. The van der Waals surface area contributed by atoms with Crippen molar-refractivity contribution < 1.29 is 13.2 Å². The van der Waals surface area contributed by atoms with Gasteiger partial charge < -0.3 is 18.6 Å². The van der Waals surface area contributed by atoms with E-state index in [0.717, 1.165) is 199 Å². The normalized spacial score (nSPS) is 15.1. The molecule has 0 saturated carbocycles. The van der Waals surface area contributed by atoms with Crippen LogP contribution in [0, 0.1) is 12.7 Å². The molecular formula is C107H67FN2O2. The van der Waals surface area contributed by atoms with Gasteiger partial charge >= 0.3 is 0 Å². The molecule has 5 heteroatoms. The van der Waals surface area contributed by atoms with Gasteiger partial charge in [-0.05, 0) is 179 Å². The second kappa shape index (κ2) is 24.6. The lowest BCUT2D eigenvalue weighted by molar-refractivity contribution is 0.438. The number of nitrogens with zero attached hydrogens (tertiary/aromatic N) is 2. The number of rotatable bonds is 10. The maximum atomic E-state index is 19.8. The van der Waals surface area contributed by atoms with Crippen LogP contribution in [0.1, 0.15) is 38.9 Å². The van der Waals surface area contributed by atoms with Gasteiger partial charge in [0.1, 0.15) is 17.0 Å². The Kier molecular flexibility index (Phi) is 14.0. The number of furan rings is 2. The van der Waals surface area contributed by atoms with Crippen LogP contribution in [0.3, 0.4) is 0 Å². The summed E-state index contributed by atoms with van der Waals surface area (Å²) in [6.07, 6.45) is 0. The van der Waals surface area contributed by atoms with E-state index >= 15 is 4.39 Å². The lowest BCUT2D eigenvalue weighted by Crippen LogP contribution is -2.50. The van der Waals surface area contributed by atoms with E-state index in [1.807, 2.05) is 30.3 Å². The smallest absolute Gasteiger partial charge is 0.159 e. The molecule has 1 aliphatic heterocycles. The van der Waals surface area contributed by atoms with Gasteiger partial charge in [0.15, 0.2) is 11.2 Å². The molecule has 23 rings (SSSR count). The third-order valence-electron chi connectivity index (χ3n) is 24.4. The number of anilines is 6. The van der Waals surface area contributed by atoms with Crippen molar-refractivity contribution in [2.24, 2.45) is 0 Å². The lowest BCUT2D eigenvalue weighted by Gasteiger charge is -2.51. The zero-order valence-corrected chi connectivity index (χ0v) is 61.0. The van der Waals surface area contributed by atoms with Gasteiger partial charge in [0.05, 0.1) is 45.0 Å². The summed E-state index contributed by atoms with van der Waals surface area (Å²) in [7, 11) is 0. The molecule has 2 aliphatic carbocycles. The van der Waals surface area contributed by atoms with Crippen molar-refractivity contribution in [1.82, 2.24) is 0 Å². The van der Waals surface area contributed by atoms with Crippen LogP contribution in [0.4, 0.5) is 38.5 Å². The number of hydrogen-bond donors (Lipinski definition) is 0. The van der Waals surface area contributed by atoms with Crippen molar-refractivity contribution >= 4 is 99.5 Å². The molecule has 3 heterocycles. The summed E-state index contributed by atoms with van der Waals surface area (Å²) < 4.78 is 34.4. The average Bonchev–Trinajstić information content (AvgIpc) is 1.46. The Morgan fingerprint density at radius 3 is 1.38 bits per heavy atom. The van der Waals surface area contributed by atoms with E-state index in [1.165, 1.54) is 0 Å². The first kappa shape index (κ1) is 63.7. The van der Waals surface area contributed by atoms with Crippen molar-refractivity contribution in [1.29, 1.82) is 0 Å². The van der Waals surface area contributed by atoms with E-state index in [2.05, 4.69) is 369 Å². The monoisotopic (exact) mass is 1430 g/mol. The minimum absolute atomic E-state index is 0.386. The molecule has 2 aromatic heterocycles. The molecule has 2 atom stereocenters. The van der Waals surface area contributed by atoms with E-state index in [-0.39, 0.29) is 5.82 Å². The molecule has 18 aromatic carbocycles. The van der Waals surface area contributed by atoms with Crippen LogP contribution in [0.5, 0.6) is 0 Å². The topological polar surface area (TPSA) is 32.8 Å². The maximum Gasteiger partial charge on any atom is 0.159 e. The summed E-state index contributed by atoms with van der Waals surface area (Å²) >= 11 is 0. The number of para-hydroxylation sites is 4. The predicted octanol–water partition coefficient (Wildman–Crippen LogP) is 29.2. The molecule has 20 aromatic rings. The van der Waals surface area contributed by atoms with Gasteiger partial charge in [-0.15, -0.1) is 0 Å². The Morgan fingerprint density at radius 2 is 0.723 bits per heavy atom. The van der Waals surface area contributed by atoms with E-state index in [0.29, 0.717) is 17.0 Å². The molecule has 0 radical (unpaired) electrons. The van der Waals surface area contributed by atoms with Gasteiger partial charge in [-0.3, -0.25) is 0 Å². The van der Waals surface area contributed by atoms with Gasteiger partial charge in [0.25, 0.3) is 0 Å². The van der Waals surface area contributed by atoms with Crippen molar-refractivity contribution in [3.05, 3.63) is 433 Å². The molecule has 2 unspecified atom stereocenters. The Hall–Kier alpha value is -14.4. The van der Waals surface area contributed by atoms with Crippen LogP contribution in [-0.2, 0) is 10.8 Å². The van der Waals surface area contributed by atoms with E-state index in [9.17, 15) is 0 Å². The number of halogens is 1. The molecule has 112 heavy (non-hydrogen) atoms. The lowest BCUT2D eigenvalue weighted by atomic mass is 9.49. The van der Waals surface area contributed by atoms with Gasteiger partial charge in [-0.25, -0.2) is 4.39 Å². The molecular weight excluding hydrogens is 1360 g/mol. The fourth-order valence-electron chi connectivity index (χ4n) is 20.0. The van der Waals surface area contributed by atoms with Gasteiger partial charge in [-0.2, -0.15) is 0 Å². The van der Waals surface area contributed by atoms with Crippen LogP contribution >= 0.6 is 0 Å². The Labute approximate surface area is 647 Å². The summed E-state index contributed by atoms with van der Waals surface area (Å²) in [5, 5.41) is 8.13. The van der Waals surface area contributed by atoms with E-state index in [1.54, 1.807) is 6.07 Å². The third-order valence-corrected chi connectivity index (χ3v) is 24.4. The van der Waals surface area contributed by atoms with Crippen molar-refractivity contribution in [3.63, 3.8) is 0 Å². The fraction of sp³-hybridized carbons (Fsp3) is 0.0280. The minimum Gasteiger partial charge on any atom is -0.454 e. The molecule has 0 amide bonds. The van der Waals surface area contributed by atoms with E-state index in [4.69, 9.17) is 8.83 Å². The highest BCUT2D eigenvalue weighted by Gasteiger charge is 2.65. The molecule has 0 spiro atoms. The summed E-state index contributed by atoms with van der Waals surface area (Å²) in [5.41, 5.74) is 27.4. The van der Waals surface area contributed by atoms with Crippen LogP contribution in [0.15, 0.2) is 397 Å². The van der Waals surface area contributed by atoms with Crippen molar-refractivity contribution in [3.8, 4) is 77.9 Å². The molecule has 4 nitrogen and oxygen atoms in total. The van der Waals surface area contributed by atoms with Crippen LogP contribution < -0.4 is 9.80 Å². The van der Waals surface area contributed by atoms with Crippen LogP contribution in [0.25, 0.3) is 143 Å². The first-order valence-electron chi connectivity index (χ1n) is 38.5. The summed E-state index contributed by atoms with van der Waals surface area (Å²) in [6, 6.07) is 142. The minimum atomic E-state index is -1.20. The highest BCUT2D eigenvalue weighted by molar-refractivity contribution is 6.20. The Balaban J connectivity index is 0.924. The number of aryl methyl sites for hydroxylation is 1. The second-order valence-electron chi connectivity index (χ2n) is 30.2. The highest BCUT2D eigenvalue weighted by atomic mass is 19.1. The third kappa shape index (κ3) is 8.99. The Bertz CT molecular complexity index is 7300. The first-order chi connectivity index (χ1) is 55.4. The molecule has 524 valence electrons. The molecule has 0 N–H and O–H groups in total. The SMILES string of the molecule is Cc1cccc(-c2cc(-c3ccccc3)cc(F)c2N(c2cc3c(c4ccccc24)-c2ccccc2C3(c2ccccc2)C23c4cccc(c4)-c4cc(-c5ccccc5)cc(-c5ccccc5)c4N(c4cccc5c4oc4ccccc45)c4cc2c(c2ccccc42)-c2ccccc23)c2cccc3c2oc2ccccc23)c1. The largest absolute Gasteiger partial charge is 0.454 e. The van der Waals surface area contributed by atoms with Gasteiger partial charge in [0, 0.05) is 49.0 Å². The van der Waals surface area contributed by atoms with Crippen LogP contribution in [-0.4, -0.2) is 0 Å². The van der Waals surface area contributed by atoms with E-state index < -0.39 is 10.8 Å². The van der Waals surface area contributed by atoms with Crippen LogP contribution in [0.2, 0.25) is 0 Å². The van der Waals surface area contributed by atoms with Gasteiger partial charge in [-0.1, -0.05) is 327 Å². The zero-order chi connectivity index (χ0) is 73.9. The number of hydrogen-bond acceptors (Lipinski definition) is 4. The maximum absolute atomic E-state index is 19.8. The standard InChI is InChI=1S/C107H67FN2O2/c1-66-30-26-37-70(58-66)88-62-73(68-33-8-3-9-34-68)63-93(108)103(88)110(95-55-29-51-83-79-45-21-25-57-99(79)112-105(83)95)97-64-91-100(81-47-17-15-43-77(81)97)84-48-18-22-52-89(84)106(91,74-39-12-5-13-40-74)107-75-41-27-38-71(59-75)87-61-72(67-31-6-2-7-32-67)60-86(69-35-10-4-11-36-69)102(87)109(94-54-28-50-82-78-44-20-24-56-98(78)111-104(82)94)96-65-92(107)101(80-46-16-14-42-76(80)96)85-49-19-23-53-90(85)107/h2-65H,1H3. The second-order valence-corrected chi connectivity index (χ2v) is 30.2. The summed E-state index contributed by atoms with van der Waals surface area (Å²) in [5.74, 6) is -0.386. The molecule has 0 saturated heterocycles. The Morgan fingerprint density at radius 1 is 0.277 bits per heavy atom. The van der Waals surface area contributed by atoms with Crippen molar-refractivity contribution in [2.45, 2.75) is 17.8 Å². The zero-order valence-electron chi connectivity index (χ0n) is 61.0. The number of fused-ring (bicyclic) bond motifs is 23. The molecule has 4 bridgehead atoms. The quantitative estimate of drug-likeness (QED) is 0.137. The molecule has 0 fully saturated rings. The number of benzene rings is 18. The average molecular weight is 1430 g/mol. The van der Waals surface area contributed by atoms with Crippen molar-refractivity contribution in [2.75, 3.05) is 9.80 Å². The molecule has 3 aliphatic rings. The first-order valence-corrected chi connectivity index (χ1v) is 38.5. The van der Waals surface area contributed by atoms with Gasteiger partial charge in [0.2, 0.25) is 0 Å². The predicted molar refractivity (Wildman–Crippen MR) is 461 cm³/mol.